The van der Waals surface area contributed by atoms with Gasteiger partial charge in [-0.2, -0.15) is 0 Å². The van der Waals surface area contributed by atoms with Crippen molar-refractivity contribution in [1.29, 1.82) is 0 Å². The van der Waals surface area contributed by atoms with Crippen molar-refractivity contribution >= 4 is 0 Å². The lowest BCUT2D eigenvalue weighted by Crippen LogP contribution is -2.35. The third-order valence-electron chi connectivity index (χ3n) is 4.07. The summed E-state index contributed by atoms with van der Waals surface area (Å²) in [6.45, 7) is 9.46. The molecule has 1 fully saturated rings. The normalized spacial score (nSPS) is 17.5. The van der Waals surface area contributed by atoms with E-state index < -0.39 is 0 Å². The van der Waals surface area contributed by atoms with Crippen molar-refractivity contribution in [3.8, 4) is 5.88 Å². The molecule has 1 heterocycles. The van der Waals surface area contributed by atoms with Gasteiger partial charge in [-0.1, -0.05) is 18.9 Å². The molecule has 1 aromatic heterocycles. The number of aromatic nitrogens is 1. The van der Waals surface area contributed by atoms with Crippen molar-refractivity contribution in [2.24, 2.45) is 0 Å². The number of aryl methyl sites for hydroxylation is 1. The summed E-state index contributed by atoms with van der Waals surface area (Å²) in [6.07, 6.45) is 7.99. The first-order valence-corrected chi connectivity index (χ1v) is 8.32. The third kappa shape index (κ3) is 5.66. The van der Waals surface area contributed by atoms with E-state index in [9.17, 15) is 0 Å². The van der Waals surface area contributed by atoms with Crippen molar-refractivity contribution in [1.82, 2.24) is 10.3 Å². The van der Waals surface area contributed by atoms with Crippen LogP contribution in [-0.4, -0.2) is 16.6 Å². The van der Waals surface area contributed by atoms with Crippen molar-refractivity contribution in [3.63, 3.8) is 0 Å². The molecule has 118 valence electrons. The van der Waals surface area contributed by atoms with Gasteiger partial charge in [0.05, 0.1) is 0 Å². The van der Waals surface area contributed by atoms with E-state index >= 15 is 0 Å². The number of nitrogens with one attached hydrogen (secondary N) is 1. The van der Waals surface area contributed by atoms with Crippen molar-refractivity contribution in [2.75, 3.05) is 0 Å². The van der Waals surface area contributed by atoms with Gasteiger partial charge >= 0.3 is 0 Å². The van der Waals surface area contributed by atoms with Crippen LogP contribution in [0.15, 0.2) is 12.1 Å². The Morgan fingerprint density at radius 1 is 1.14 bits per heavy atom. The highest BCUT2D eigenvalue weighted by Gasteiger charge is 2.15. The number of hydrogen-bond acceptors (Lipinski definition) is 3. The van der Waals surface area contributed by atoms with Crippen LogP contribution in [0, 0.1) is 6.92 Å². The minimum Gasteiger partial charge on any atom is -0.474 e. The van der Waals surface area contributed by atoms with Crippen LogP contribution in [0.1, 0.15) is 70.6 Å². The maximum absolute atomic E-state index is 6.09. The van der Waals surface area contributed by atoms with E-state index in [4.69, 9.17) is 4.74 Å². The monoisotopic (exact) mass is 290 g/mol. The molecule has 0 bridgehead atoms. The molecule has 3 heteroatoms. The maximum Gasteiger partial charge on any atom is 0.213 e. The predicted molar refractivity (Wildman–Crippen MR) is 87.7 cm³/mol. The Morgan fingerprint density at radius 2 is 1.81 bits per heavy atom. The smallest absolute Gasteiger partial charge is 0.213 e. The van der Waals surface area contributed by atoms with Crippen molar-refractivity contribution in [3.05, 3.63) is 23.4 Å². The number of pyridine rings is 1. The summed E-state index contributed by atoms with van der Waals surface area (Å²) in [5.41, 5.74) is 2.44. The molecule has 3 nitrogen and oxygen atoms in total. The van der Waals surface area contributed by atoms with Gasteiger partial charge in [-0.15, -0.1) is 0 Å². The fraction of sp³-hybridized carbons (Fsp3) is 0.722. The van der Waals surface area contributed by atoms with Gasteiger partial charge in [-0.3, -0.25) is 0 Å². The molecule has 2 rings (SSSR count). The second-order valence-electron chi connectivity index (χ2n) is 7.23. The lowest BCUT2D eigenvalue weighted by atomic mass is 10.1. The molecule has 1 aliphatic carbocycles. The van der Waals surface area contributed by atoms with Gasteiger partial charge in [0.2, 0.25) is 5.88 Å². The van der Waals surface area contributed by atoms with E-state index in [1.807, 2.05) is 6.07 Å². The molecule has 0 spiro atoms. The number of nitrogens with zero attached hydrogens (tertiary/aromatic N) is 1. The van der Waals surface area contributed by atoms with E-state index in [0.717, 1.165) is 18.1 Å². The highest BCUT2D eigenvalue weighted by atomic mass is 16.5. The Hall–Kier alpha value is -1.09. The Kier molecular flexibility index (Phi) is 5.63. The van der Waals surface area contributed by atoms with Crippen LogP contribution < -0.4 is 10.1 Å². The summed E-state index contributed by atoms with van der Waals surface area (Å²) in [4.78, 5) is 4.64. The molecule has 0 atom stereocenters. The standard InChI is InChI=1S/C18H30N2O/c1-14-15(13-19-18(2,3)4)11-12-17(20-14)21-16-9-7-5-6-8-10-16/h11-12,16,19H,5-10,13H2,1-4H3. The van der Waals surface area contributed by atoms with Crippen LogP contribution in [-0.2, 0) is 6.54 Å². The lowest BCUT2D eigenvalue weighted by molar-refractivity contribution is 0.176. The first-order valence-electron chi connectivity index (χ1n) is 8.32. The van der Waals surface area contributed by atoms with Gasteiger partial charge in [0.25, 0.3) is 0 Å². The Balaban J connectivity index is 1.94. The predicted octanol–water partition coefficient (Wildman–Crippen LogP) is 4.38. The molecular formula is C18H30N2O. The molecule has 1 aliphatic rings. The molecule has 0 amide bonds. The minimum atomic E-state index is 0.127. The van der Waals surface area contributed by atoms with Crippen LogP contribution in [0.4, 0.5) is 0 Å². The van der Waals surface area contributed by atoms with Crippen molar-refractivity contribution in [2.45, 2.75) is 84.4 Å². The van der Waals surface area contributed by atoms with E-state index in [2.05, 4.69) is 44.1 Å². The first-order chi connectivity index (χ1) is 9.94. The fourth-order valence-electron chi connectivity index (χ4n) is 2.71. The molecule has 1 aromatic rings. The molecule has 0 unspecified atom stereocenters. The zero-order valence-electron chi connectivity index (χ0n) is 14.0. The van der Waals surface area contributed by atoms with E-state index in [0.29, 0.717) is 6.10 Å². The zero-order chi connectivity index (χ0) is 15.3. The average molecular weight is 290 g/mol. The zero-order valence-corrected chi connectivity index (χ0v) is 14.0. The topological polar surface area (TPSA) is 34.1 Å². The first kappa shape index (κ1) is 16.3. The highest BCUT2D eigenvalue weighted by Crippen LogP contribution is 2.22. The van der Waals surface area contributed by atoms with Gasteiger partial charge in [0, 0.05) is 23.8 Å². The second kappa shape index (κ2) is 7.26. The summed E-state index contributed by atoms with van der Waals surface area (Å²) in [7, 11) is 0. The molecular weight excluding hydrogens is 260 g/mol. The third-order valence-corrected chi connectivity index (χ3v) is 4.07. The van der Waals surface area contributed by atoms with Gasteiger partial charge < -0.3 is 10.1 Å². The van der Waals surface area contributed by atoms with Crippen LogP contribution in [0.5, 0.6) is 5.88 Å². The van der Waals surface area contributed by atoms with Gasteiger partial charge in [0.15, 0.2) is 0 Å². The summed E-state index contributed by atoms with van der Waals surface area (Å²) >= 11 is 0. The Bertz CT molecular complexity index is 443. The number of rotatable bonds is 4. The number of ether oxygens (including phenoxy) is 1. The Morgan fingerprint density at radius 3 is 2.38 bits per heavy atom. The van der Waals surface area contributed by atoms with Gasteiger partial charge in [0.1, 0.15) is 6.10 Å². The largest absolute Gasteiger partial charge is 0.474 e. The van der Waals surface area contributed by atoms with Gasteiger partial charge in [-0.25, -0.2) is 4.98 Å². The summed E-state index contributed by atoms with van der Waals surface area (Å²) in [5, 5.41) is 3.51. The molecule has 0 aliphatic heterocycles. The molecule has 21 heavy (non-hydrogen) atoms. The fourth-order valence-corrected chi connectivity index (χ4v) is 2.71. The SMILES string of the molecule is Cc1nc(OC2CCCCCC2)ccc1CNC(C)(C)C. The molecule has 0 aromatic carbocycles. The maximum atomic E-state index is 6.09. The van der Waals surface area contributed by atoms with E-state index in [1.54, 1.807) is 0 Å². The lowest BCUT2D eigenvalue weighted by Gasteiger charge is -2.21. The van der Waals surface area contributed by atoms with Crippen LogP contribution in [0.2, 0.25) is 0 Å². The van der Waals surface area contributed by atoms with Crippen LogP contribution >= 0.6 is 0 Å². The van der Waals surface area contributed by atoms with E-state index in [-0.39, 0.29) is 5.54 Å². The highest BCUT2D eigenvalue weighted by molar-refractivity contribution is 5.25. The van der Waals surface area contributed by atoms with Crippen LogP contribution in [0.25, 0.3) is 0 Å². The molecule has 1 saturated carbocycles. The molecule has 0 radical (unpaired) electrons. The molecule has 1 N–H and O–H groups in total. The average Bonchev–Trinajstić information content (AvgIpc) is 2.65. The minimum absolute atomic E-state index is 0.127. The second-order valence-corrected chi connectivity index (χ2v) is 7.23. The summed E-state index contributed by atoms with van der Waals surface area (Å²) in [6, 6.07) is 4.17. The van der Waals surface area contributed by atoms with Crippen molar-refractivity contribution < 1.29 is 4.74 Å². The summed E-state index contributed by atoms with van der Waals surface area (Å²) < 4.78 is 6.09. The van der Waals surface area contributed by atoms with Gasteiger partial charge in [-0.05, 0) is 58.9 Å². The quantitative estimate of drug-likeness (QED) is 0.836. The molecule has 0 saturated heterocycles. The Labute approximate surface area is 129 Å². The van der Waals surface area contributed by atoms with Crippen LogP contribution in [0.3, 0.4) is 0 Å². The number of hydrogen-bond donors (Lipinski definition) is 1. The van der Waals surface area contributed by atoms with E-state index in [1.165, 1.54) is 44.1 Å². The summed E-state index contributed by atoms with van der Waals surface area (Å²) in [5.74, 6) is 0.791.